The molecule has 6 heteroatoms. The van der Waals surface area contributed by atoms with Crippen LogP contribution in [0.2, 0.25) is 0 Å². The minimum absolute atomic E-state index is 0.00190. The number of hydrogen-bond donors (Lipinski definition) is 2. The lowest BCUT2D eigenvalue weighted by Crippen LogP contribution is -2.30. The summed E-state index contributed by atoms with van der Waals surface area (Å²) in [6.07, 6.45) is 1.84. The molecule has 0 spiro atoms. The van der Waals surface area contributed by atoms with Crippen LogP contribution in [0.5, 0.6) is 5.75 Å². The summed E-state index contributed by atoms with van der Waals surface area (Å²) in [5, 5.41) is 11.2. The summed E-state index contributed by atoms with van der Waals surface area (Å²) >= 11 is 0. The summed E-state index contributed by atoms with van der Waals surface area (Å²) in [7, 11) is 1.18. The zero-order chi connectivity index (χ0) is 14.3. The monoisotopic (exact) mass is 263 g/mol. The normalized spacial score (nSPS) is 10.2. The fourth-order valence-electron chi connectivity index (χ4n) is 1.23. The minimum Gasteiger partial charge on any atom is -0.508 e. The summed E-state index contributed by atoms with van der Waals surface area (Å²) in [6, 6.07) is 6.04. The number of rotatable bonds is 4. The smallest absolute Gasteiger partial charge is 0.330 e. The first-order valence-corrected chi connectivity index (χ1v) is 5.39. The van der Waals surface area contributed by atoms with Gasteiger partial charge in [-0.3, -0.25) is 14.9 Å². The van der Waals surface area contributed by atoms with Crippen molar-refractivity contribution >= 4 is 17.8 Å². The van der Waals surface area contributed by atoms with Gasteiger partial charge in [0.15, 0.2) is 0 Å². The van der Waals surface area contributed by atoms with Crippen molar-refractivity contribution < 1.29 is 24.2 Å². The molecule has 0 heterocycles. The molecule has 0 bridgehead atoms. The van der Waals surface area contributed by atoms with Crippen LogP contribution in [0.15, 0.2) is 36.4 Å². The van der Waals surface area contributed by atoms with E-state index in [0.717, 1.165) is 12.2 Å². The second-order valence-electron chi connectivity index (χ2n) is 3.61. The van der Waals surface area contributed by atoms with Gasteiger partial charge in [0.2, 0.25) is 5.91 Å². The van der Waals surface area contributed by atoms with Crippen molar-refractivity contribution in [3.63, 3.8) is 0 Å². The Bertz CT molecular complexity index is 504. The standard InChI is InChI=1S/C13H13NO5/c1-19-13(18)7-6-11(16)14-12(17)8-9-2-4-10(15)5-3-9/h2-7,15H,8H2,1H3,(H,14,16,17)/b7-6+. The van der Waals surface area contributed by atoms with Crippen LogP contribution in [-0.2, 0) is 25.5 Å². The Morgan fingerprint density at radius 1 is 1.21 bits per heavy atom. The molecule has 0 unspecified atom stereocenters. The predicted molar refractivity (Wildman–Crippen MR) is 66.1 cm³/mol. The molecular formula is C13H13NO5. The van der Waals surface area contributed by atoms with Crippen LogP contribution < -0.4 is 5.32 Å². The average Bonchev–Trinajstić information content (AvgIpc) is 2.38. The summed E-state index contributed by atoms with van der Waals surface area (Å²) in [5.74, 6) is -1.79. The van der Waals surface area contributed by atoms with Crippen molar-refractivity contribution in [3.8, 4) is 5.75 Å². The molecule has 0 saturated heterocycles. The highest BCUT2D eigenvalue weighted by atomic mass is 16.5. The number of phenols is 1. The molecule has 0 aliphatic rings. The number of phenolic OH excluding ortho intramolecular Hbond substituents is 1. The molecule has 0 saturated carbocycles. The SMILES string of the molecule is COC(=O)/C=C/C(=O)NC(=O)Cc1ccc(O)cc1. The van der Waals surface area contributed by atoms with E-state index in [1.54, 1.807) is 12.1 Å². The van der Waals surface area contributed by atoms with Gasteiger partial charge < -0.3 is 9.84 Å². The molecule has 0 aromatic heterocycles. The van der Waals surface area contributed by atoms with Crippen LogP contribution in [0.1, 0.15) is 5.56 Å². The maximum atomic E-state index is 11.5. The molecule has 1 aromatic rings. The lowest BCUT2D eigenvalue weighted by atomic mass is 10.1. The minimum atomic E-state index is -0.700. The largest absolute Gasteiger partial charge is 0.508 e. The van der Waals surface area contributed by atoms with Crippen LogP contribution in [0.25, 0.3) is 0 Å². The Hall–Kier alpha value is -2.63. The highest BCUT2D eigenvalue weighted by Crippen LogP contribution is 2.09. The Morgan fingerprint density at radius 3 is 2.42 bits per heavy atom. The Morgan fingerprint density at radius 2 is 1.84 bits per heavy atom. The number of imide groups is 1. The molecule has 100 valence electrons. The van der Waals surface area contributed by atoms with Crippen LogP contribution in [0, 0.1) is 0 Å². The maximum Gasteiger partial charge on any atom is 0.330 e. The predicted octanol–water partition coefficient (Wildman–Crippen LogP) is 0.307. The van der Waals surface area contributed by atoms with Gasteiger partial charge in [-0.25, -0.2) is 4.79 Å². The molecule has 1 rings (SSSR count). The van der Waals surface area contributed by atoms with Crippen molar-refractivity contribution in [2.75, 3.05) is 7.11 Å². The van der Waals surface area contributed by atoms with Crippen LogP contribution >= 0.6 is 0 Å². The van der Waals surface area contributed by atoms with Crippen molar-refractivity contribution in [3.05, 3.63) is 42.0 Å². The Kier molecular flexibility index (Phi) is 5.28. The third-order valence-corrected chi connectivity index (χ3v) is 2.14. The number of nitrogens with one attached hydrogen (secondary N) is 1. The van der Waals surface area contributed by atoms with Crippen molar-refractivity contribution in [2.45, 2.75) is 6.42 Å². The summed E-state index contributed by atoms with van der Waals surface area (Å²) in [6.45, 7) is 0. The second kappa shape index (κ2) is 6.95. The zero-order valence-corrected chi connectivity index (χ0v) is 10.3. The third-order valence-electron chi connectivity index (χ3n) is 2.14. The van der Waals surface area contributed by atoms with Gasteiger partial charge in [0.05, 0.1) is 13.5 Å². The maximum absolute atomic E-state index is 11.5. The van der Waals surface area contributed by atoms with Gasteiger partial charge in [-0.2, -0.15) is 0 Å². The molecule has 19 heavy (non-hydrogen) atoms. The second-order valence-corrected chi connectivity index (χ2v) is 3.61. The fraction of sp³-hybridized carbons (Fsp3) is 0.154. The highest BCUT2D eigenvalue weighted by molar-refractivity contribution is 6.03. The number of methoxy groups -OCH3 is 1. The van der Waals surface area contributed by atoms with E-state index in [4.69, 9.17) is 5.11 Å². The van der Waals surface area contributed by atoms with Crippen LogP contribution in [-0.4, -0.2) is 30.0 Å². The Balaban J connectivity index is 2.47. The first kappa shape index (κ1) is 14.4. The molecule has 0 atom stereocenters. The summed E-state index contributed by atoms with van der Waals surface area (Å²) < 4.78 is 4.30. The number of amides is 2. The summed E-state index contributed by atoms with van der Waals surface area (Å²) in [5.41, 5.74) is 0.653. The molecule has 2 N–H and O–H groups in total. The van der Waals surface area contributed by atoms with Crippen molar-refractivity contribution in [2.24, 2.45) is 0 Å². The van der Waals surface area contributed by atoms with E-state index in [0.29, 0.717) is 5.56 Å². The highest BCUT2D eigenvalue weighted by Gasteiger charge is 2.07. The van der Waals surface area contributed by atoms with E-state index in [1.807, 2.05) is 0 Å². The number of carbonyl (C=O) groups is 3. The first-order valence-electron chi connectivity index (χ1n) is 5.39. The molecule has 0 aliphatic heterocycles. The molecule has 2 amide bonds. The molecule has 0 aliphatic carbocycles. The van der Waals surface area contributed by atoms with E-state index >= 15 is 0 Å². The van der Waals surface area contributed by atoms with Gasteiger partial charge in [0, 0.05) is 12.2 Å². The lowest BCUT2D eigenvalue weighted by molar-refractivity contribution is -0.135. The first-order chi connectivity index (χ1) is 9.01. The van der Waals surface area contributed by atoms with E-state index in [9.17, 15) is 14.4 Å². The molecule has 0 radical (unpaired) electrons. The van der Waals surface area contributed by atoms with E-state index in [2.05, 4.69) is 10.1 Å². The topological polar surface area (TPSA) is 92.7 Å². The van der Waals surface area contributed by atoms with Crippen molar-refractivity contribution in [1.29, 1.82) is 0 Å². The third kappa shape index (κ3) is 5.49. The van der Waals surface area contributed by atoms with Gasteiger partial charge in [-0.1, -0.05) is 12.1 Å². The van der Waals surface area contributed by atoms with Gasteiger partial charge >= 0.3 is 5.97 Å². The van der Waals surface area contributed by atoms with Gasteiger partial charge in [0.1, 0.15) is 5.75 Å². The number of hydrogen-bond acceptors (Lipinski definition) is 5. The van der Waals surface area contributed by atoms with Gasteiger partial charge in [-0.15, -0.1) is 0 Å². The fourth-order valence-corrected chi connectivity index (χ4v) is 1.23. The number of ether oxygens (including phenoxy) is 1. The summed E-state index contributed by atoms with van der Waals surface area (Å²) in [4.78, 5) is 33.5. The van der Waals surface area contributed by atoms with Crippen LogP contribution in [0.4, 0.5) is 0 Å². The molecule has 1 aromatic carbocycles. The number of carbonyl (C=O) groups excluding carboxylic acids is 3. The van der Waals surface area contributed by atoms with Crippen LogP contribution in [0.3, 0.4) is 0 Å². The number of esters is 1. The Labute approximate surface area is 109 Å². The number of benzene rings is 1. The van der Waals surface area contributed by atoms with E-state index in [-0.39, 0.29) is 12.2 Å². The quantitative estimate of drug-likeness (QED) is 0.602. The van der Waals surface area contributed by atoms with E-state index < -0.39 is 17.8 Å². The molecule has 6 nitrogen and oxygen atoms in total. The van der Waals surface area contributed by atoms with Crippen molar-refractivity contribution in [1.82, 2.24) is 5.32 Å². The number of aromatic hydroxyl groups is 1. The zero-order valence-electron chi connectivity index (χ0n) is 10.3. The molecule has 0 fully saturated rings. The van der Waals surface area contributed by atoms with Gasteiger partial charge in [-0.05, 0) is 17.7 Å². The molecular weight excluding hydrogens is 250 g/mol. The average molecular weight is 263 g/mol. The van der Waals surface area contributed by atoms with E-state index in [1.165, 1.54) is 19.2 Å². The van der Waals surface area contributed by atoms with Gasteiger partial charge in [0.25, 0.3) is 5.91 Å². The lowest BCUT2D eigenvalue weighted by Gasteiger charge is -2.02.